The van der Waals surface area contributed by atoms with Gasteiger partial charge in [0.2, 0.25) is 5.82 Å². The average molecular weight is 440 g/mol. The van der Waals surface area contributed by atoms with Gasteiger partial charge in [0.1, 0.15) is 6.61 Å². The van der Waals surface area contributed by atoms with E-state index < -0.39 is 48.1 Å². The summed E-state index contributed by atoms with van der Waals surface area (Å²) in [5.74, 6) is -4.45. The molecule has 5 nitrogen and oxygen atoms in total. The van der Waals surface area contributed by atoms with Crippen molar-refractivity contribution in [1.29, 1.82) is 0 Å². The Balaban J connectivity index is 1.90. The SMILES string of the molecule is Cc1ccc(-n2ccc(C(F)(F)F)c2COc2ccc(CCC(=O)O)c(F)c2F)cn1. The Morgan fingerprint density at radius 3 is 2.48 bits per heavy atom. The largest absolute Gasteiger partial charge is 0.484 e. The van der Waals surface area contributed by atoms with Gasteiger partial charge < -0.3 is 14.4 Å². The molecule has 0 atom stereocenters. The molecule has 0 radical (unpaired) electrons. The molecule has 2 heterocycles. The van der Waals surface area contributed by atoms with Crippen molar-refractivity contribution in [2.45, 2.75) is 32.5 Å². The van der Waals surface area contributed by atoms with E-state index in [4.69, 9.17) is 9.84 Å². The van der Waals surface area contributed by atoms with Crippen LogP contribution in [-0.2, 0) is 24.0 Å². The average Bonchev–Trinajstić information content (AvgIpc) is 3.13. The molecular formula is C21H17F5N2O3. The van der Waals surface area contributed by atoms with Crippen molar-refractivity contribution in [3.63, 3.8) is 0 Å². The molecule has 0 aliphatic heterocycles. The number of hydrogen-bond acceptors (Lipinski definition) is 3. The molecule has 0 unspecified atom stereocenters. The number of carboxylic acid groups (broad SMARTS) is 1. The summed E-state index contributed by atoms with van der Waals surface area (Å²) >= 11 is 0. The van der Waals surface area contributed by atoms with Crippen LogP contribution in [0.4, 0.5) is 22.0 Å². The number of benzene rings is 1. The molecule has 1 N–H and O–H groups in total. The highest BCUT2D eigenvalue weighted by Crippen LogP contribution is 2.35. The van der Waals surface area contributed by atoms with Crippen LogP contribution in [0.2, 0.25) is 0 Å². The van der Waals surface area contributed by atoms with Crippen molar-refractivity contribution in [3.8, 4) is 11.4 Å². The molecule has 0 saturated heterocycles. The van der Waals surface area contributed by atoms with E-state index in [2.05, 4.69) is 4.98 Å². The minimum Gasteiger partial charge on any atom is -0.484 e. The first-order chi connectivity index (χ1) is 14.6. The molecule has 3 rings (SSSR count). The number of aromatic nitrogens is 2. The zero-order valence-corrected chi connectivity index (χ0v) is 16.2. The van der Waals surface area contributed by atoms with Crippen LogP contribution in [0.5, 0.6) is 5.75 Å². The van der Waals surface area contributed by atoms with Gasteiger partial charge in [-0.15, -0.1) is 0 Å². The number of rotatable bonds is 7. The van der Waals surface area contributed by atoms with Gasteiger partial charge in [-0.3, -0.25) is 9.78 Å². The van der Waals surface area contributed by atoms with Crippen LogP contribution in [-0.4, -0.2) is 20.6 Å². The van der Waals surface area contributed by atoms with E-state index in [-0.39, 0.29) is 17.7 Å². The lowest BCUT2D eigenvalue weighted by Gasteiger charge is -2.15. The van der Waals surface area contributed by atoms with Crippen LogP contribution in [0, 0.1) is 18.6 Å². The lowest BCUT2D eigenvalue weighted by Crippen LogP contribution is -2.13. The molecule has 0 bridgehead atoms. The zero-order chi connectivity index (χ0) is 22.8. The topological polar surface area (TPSA) is 64.3 Å². The number of aliphatic carboxylic acids is 1. The van der Waals surface area contributed by atoms with Gasteiger partial charge in [0, 0.05) is 18.3 Å². The molecule has 0 spiro atoms. The molecule has 2 aromatic heterocycles. The van der Waals surface area contributed by atoms with Crippen LogP contribution in [0.25, 0.3) is 5.69 Å². The summed E-state index contributed by atoms with van der Waals surface area (Å²) in [6, 6.07) is 6.26. The Morgan fingerprint density at radius 2 is 1.87 bits per heavy atom. The fraction of sp³-hybridized carbons (Fsp3) is 0.238. The predicted octanol–water partition coefficient (Wildman–Crippen LogP) is 5.07. The molecule has 0 aliphatic rings. The molecule has 0 fully saturated rings. The summed E-state index contributed by atoms with van der Waals surface area (Å²) in [6.45, 7) is 1.03. The maximum absolute atomic E-state index is 14.3. The van der Waals surface area contributed by atoms with Crippen molar-refractivity contribution in [3.05, 3.63) is 76.9 Å². The number of carboxylic acids is 1. The van der Waals surface area contributed by atoms with Crippen LogP contribution in [0.3, 0.4) is 0 Å². The summed E-state index contributed by atoms with van der Waals surface area (Å²) in [5.41, 5.74) is -0.446. The fourth-order valence-electron chi connectivity index (χ4n) is 2.98. The third-order valence-electron chi connectivity index (χ3n) is 4.57. The van der Waals surface area contributed by atoms with Gasteiger partial charge in [0.15, 0.2) is 11.6 Å². The summed E-state index contributed by atoms with van der Waals surface area (Å²) in [7, 11) is 0. The smallest absolute Gasteiger partial charge is 0.418 e. The van der Waals surface area contributed by atoms with Crippen LogP contribution in [0.15, 0.2) is 42.7 Å². The van der Waals surface area contributed by atoms with Gasteiger partial charge in [-0.25, -0.2) is 4.39 Å². The Bertz CT molecular complexity index is 1090. The quantitative estimate of drug-likeness (QED) is 0.521. The summed E-state index contributed by atoms with van der Waals surface area (Å²) in [6.07, 6.45) is -2.74. The highest BCUT2D eigenvalue weighted by molar-refractivity contribution is 5.67. The molecule has 164 valence electrons. The summed E-state index contributed by atoms with van der Waals surface area (Å²) < 4.78 is 75.3. The lowest BCUT2D eigenvalue weighted by molar-refractivity contribution is -0.139. The van der Waals surface area contributed by atoms with Crippen molar-refractivity contribution in [2.75, 3.05) is 0 Å². The molecule has 10 heteroatoms. The van der Waals surface area contributed by atoms with Crippen molar-refractivity contribution < 1.29 is 36.6 Å². The first-order valence-corrected chi connectivity index (χ1v) is 9.10. The minimum absolute atomic E-state index is 0.169. The van der Waals surface area contributed by atoms with Crippen LogP contribution in [0.1, 0.15) is 28.9 Å². The highest BCUT2D eigenvalue weighted by Gasteiger charge is 2.36. The summed E-state index contributed by atoms with van der Waals surface area (Å²) in [5, 5.41) is 8.67. The maximum Gasteiger partial charge on any atom is 0.418 e. The van der Waals surface area contributed by atoms with E-state index in [1.165, 1.54) is 17.0 Å². The van der Waals surface area contributed by atoms with Crippen LogP contribution >= 0.6 is 0 Å². The van der Waals surface area contributed by atoms with Gasteiger partial charge in [0.05, 0.1) is 23.1 Å². The number of ether oxygens (including phenoxy) is 1. The van der Waals surface area contributed by atoms with Gasteiger partial charge in [-0.05, 0) is 43.2 Å². The van der Waals surface area contributed by atoms with E-state index in [9.17, 15) is 26.7 Å². The number of halogens is 5. The first kappa shape index (κ1) is 22.3. The zero-order valence-electron chi connectivity index (χ0n) is 16.2. The van der Waals surface area contributed by atoms with E-state index in [1.54, 1.807) is 19.1 Å². The predicted molar refractivity (Wildman–Crippen MR) is 99.9 cm³/mol. The van der Waals surface area contributed by atoms with Crippen LogP contribution < -0.4 is 4.74 Å². The minimum atomic E-state index is -4.69. The molecule has 31 heavy (non-hydrogen) atoms. The van der Waals surface area contributed by atoms with E-state index in [0.29, 0.717) is 11.4 Å². The number of alkyl halides is 3. The standard InChI is InChI=1S/C21H17F5N2O3/c1-12-2-5-14(10-27-12)28-9-8-15(21(24,25)26)16(28)11-31-17-6-3-13(4-7-18(29)30)19(22)20(17)23/h2-3,5-6,8-10H,4,7,11H2,1H3,(H,29,30). The third kappa shape index (κ3) is 5.01. The van der Waals surface area contributed by atoms with Crippen molar-refractivity contribution in [1.82, 2.24) is 9.55 Å². The third-order valence-corrected chi connectivity index (χ3v) is 4.57. The van der Waals surface area contributed by atoms with E-state index in [0.717, 1.165) is 18.2 Å². The summed E-state index contributed by atoms with van der Waals surface area (Å²) in [4.78, 5) is 14.7. The Kier molecular flexibility index (Phi) is 6.28. The Labute approximate surface area is 173 Å². The molecule has 0 saturated carbocycles. The second-order valence-corrected chi connectivity index (χ2v) is 6.73. The van der Waals surface area contributed by atoms with Crippen molar-refractivity contribution >= 4 is 5.97 Å². The number of aryl methyl sites for hydroxylation is 2. The van der Waals surface area contributed by atoms with Gasteiger partial charge in [-0.1, -0.05) is 6.07 Å². The molecule has 0 aliphatic carbocycles. The van der Waals surface area contributed by atoms with E-state index >= 15 is 0 Å². The number of pyridine rings is 1. The number of carbonyl (C=O) groups is 1. The second kappa shape index (κ2) is 8.75. The molecular weight excluding hydrogens is 423 g/mol. The number of nitrogens with zero attached hydrogens (tertiary/aromatic N) is 2. The fourth-order valence-corrected chi connectivity index (χ4v) is 2.98. The van der Waals surface area contributed by atoms with Gasteiger partial charge in [0.25, 0.3) is 0 Å². The maximum atomic E-state index is 14.3. The van der Waals surface area contributed by atoms with E-state index in [1.807, 2.05) is 0 Å². The highest BCUT2D eigenvalue weighted by atomic mass is 19.4. The Morgan fingerprint density at radius 1 is 1.13 bits per heavy atom. The molecule has 0 amide bonds. The second-order valence-electron chi connectivity index (χ2n) is 6.73. The van der Waals surface area contributed by atoms with Gasteiger partial charge in [-0.2, -0.15) is 17.6 Å². The Hall–Kier alpha value is -3.43. The molecule has 1 aromatic carbocycles. The molecule has 3 aromatic rings. The first-order valence-electron chi connectivity index (χ1n) is 9.10. The normalized spacial score (nSPS) is 11.5. The van der Waals surface area contributed by atoms with Gasteiger partial charge >= 0.3 is 12.1 Å². The monoisotopic (exact) mass is 440 g/mol. The lowest BCUT2D eigenvalue weighted by atomic mass is 10.1. The number of hydrogen-bond donors (Lipinski definition) is 1. The van der Waals surface area contributed by atoms with Crippen molar-refractivity contribution in [2.24, 2.45) is 0 Å².